The fourth-order valence-corrected chi connectivity index (χ4v) is 8.48. The van der Waals surface area contributed by atoms with Gasteiger partial charge in [-0.05, 0) is 63.2 Å². The van der Waals surface area contributed by atoms with Gasteiger partial charge in [0.05, 0.1) is 25.0 Å². The van der Waals surface area contributed by atoms with E-state index >= 15 is 0 Å². The zero-order valence-electron chi connectivity index (χ0n) is 37.5. The third-order valence-corrected chi connectivity index (χ3v) is 13.2. The van der Waals surface area contributed by atoms with Gasteiger partial charge in [0.2, 0.25) is 0 Å². The molecule has 14 heteroatoms. The lowest BCUT2D eigenvalue weighted by Gasteiger charge is -2.48. The maximum Gasteiger partial charge on any atom is 0.338 e. The second-order valence-electron chi connectivity index (χ2n) is 18.3. The number of carbonyl (C=O) groups is 2. The maximum atomic E-state index is 13.0. The molecule has 0 aromatic heterocycles. The zero-order valence-corrected chi connectivity index (χ0v) is 37.5. The van der Waals surface area contributed by atoms with E-state index in [-0.39, 0.29) is 62.9 Å². The predicted octanol–water partition coefficient (Wildman–Crippen LogP) is 6.24. The number of ether oxygens (including phenoxy) is 2. The Morgan fingerprint density at radius 3 is 1.20 bits per heavy atom. The monoisotopic (exact) mass is 862 g/mol. The lowest BCUT2D eigenvalue weighted by molar-refractivity contribution is -0.558. The second-order valence-corrected chi connectivity index (χ2v) is 18.3. The third kappa shape index (κ3) is 19.1. The SMILES string of the molecule is CCCCCCCCC(CC1CCC1)C(=O)OCCCCCCN(CCCCCCOC(=O)C(CCCCCCCC)CC1CCC1)C(O)(O)C(O)(O)C(O)(O)C(O)(O)O. The van der Waals surface area contributed by atoms with Crippen LogP contribution in [0.3, 0.4) is 0 Å². The molecule has 60 heavy (non-hydrogen) atoms. The van der Waals surface area contributed by atoms with Crippen molar-refractivity contribution < 1.29 is 65.0 Å². The minimum atomic E-state index is -4.60. The lowest BCUT2D eigenvalue weighted by Crippen LogP contribution is -2.79. The van der Waals surface area contributed by atoms with Crippen LogP contribution in [0, 0.1) is 23.7 Å². The fourth-order valence-electron chi connectivity index (χ4n) is 8.48. The Morgan fingerprint density at radius 2 is 0.850 bits per heavy atom. The molecule has 0 bridgehead atoms. The fraction of sp³-hybridized carbons (Fsp3) is 0.957. The smallest absolute Gasteiger partial charge is 0.338 e. The number of nitrogens with zero attached hydrogens (tertiary/aromatic N) is 1. The van der Waals surface area contributed by atoms with Crippen molar-refractivity contribution in [3.05, 3.63) is 0 Å². The van der Waals surface area contributed by atoms with E-state index in [0.717, 1.165) is 56.3 Å². The molecule has 2 saturated carbocycles. The first-order valence-electron chi connectivity index (χ1n) is 24.1. The highest BCUT2D eigenvalue weighted by Crippen LogP contribution is 2.37. The van der Waals surface area contributed by atoms with Gasteiger partial charge in [0.25, 0.3) is 11.7 Å². The van der Waals surface area contributed by atoms with Gasteiger partial charge in [-0.1, -0.05) is 155 Å². The molecule has 0 amide bonds. The number of hydrogen-bond donors (Lipinski definition) is 9. The highest BCUT2D eigenvalue weighted by atomic mass is 16.8. The molecule has 354 valence electrons. The molecule has 0 aromatic carbocycles. The van der Waals surface area contributed by atoms with E-state index < -0.39 is 23.5 Å². The van der Waals surface area contributed by atoms with Gasteiger partial charge < -0.3 is 55.4 Å². The van der Waals surface area contributed by atoms with Crippen LogP contribution in [0.25, 0.3) is 0 Å². The number of hydrogen-bond acceptors (Lipinski definition) is 14. The average Bonchev–Trinajstić information content (AvgIpc) is 3.15. The molecule has 0 aliphatic heterocycles. The van der Waals surface area contributed by atoms with E-state index in [2.05, 4.69) is 13.8 Å². The molecule has 0 aromatic rings. The Morgan fingerprint density at radius 1 is 0.500 bits per heavy atom. The summed E-state index contributed by atoms with van der Waals surface area (Å²) in [5, 5.41) is 91.2. The van der Waals surface area contributed by atoms with E-state index in [9.17, 15) is 55.5 Å². The summed E-state index contributed by atoms with van der Waals surface area (Å²) >= 11 is 0. The van der Waals surface area contributed by atoms with Crippen LogP contribution in [0.4, 0.5) is 0 Å². The van der Waals surface area contributed by atoms with Gasteiger partial charge >= 0.3 is 23.7 Å². The first-order valence-corrected chi connectivity index (χ1v) is 24.1. The van der Waals surface area contributed by atoms with Crippen LogP contribution >= 0.6 is 0 Å². The van der Waals surface area contributed by atoms with Crippen LogP contribution in [0.15, 0.2) is 0 Å². The van der Waals surface area contributed by atoms with Gasteiger partial charge in [-0.2, -0.15) is 0 Å². The highest BCUT2D eigenvalue weighted by molar-refractivity contribution is 5.72. The van der Waals surface area contributed by atoms with E-state index in [0.29, 0.717) is 50.4 Å². The molecule has 2 aliphatic carbocycles. The van der Waals surface area contributed by atoms with Crippen LogP contribution in [0.5, 0.6) is 0 Å². The van der Waals surface area contributed by atoms with Gasteiger partial charge in [0, 0.05) is 13.1 Å². The Labute approximate surface area is 361 Å². The quantitative estimate of drug-likeness (QED) is 0.0190. The first kappa shape index (κ1) is 54.7. The topological polar surface area (TPSA) is 238 Å². The third-order valence-electron chi connectivity index (χ3n) is 13.2. The maximum absolute atomic E-state index is 13.0. The molecule has 2 unspecified atom stereocenters. The van der Waals surface area contributed by atoms with Crippen molar-refractivity contribution in [1.29, 1.82) is 0 Å². The van der Waals surface area contributed by atoms with Gasteiger partial charge in [-0.3, -0.25) is 9.59 Å². The van der Waals surface area contributed by atoms with Gasteiger partial charge in [-0.25, -0.2) is 4.90 Å². The molecule has 2 rings (SSSR count). The Kier molecular flexibility index (Phi) is 26.5. The average molecular weight is 862 g/mol. The summed E-state index contributed by atoms with van der Waals surface area (Å²) in [6.45, 7) is 4.50. The van der Waals surface area contributed by atoms with Crippen LogP contribution in [-0.4, -0.2) is 113 Å². The largest absolute Gasteiger partial charge is 0.465 e. The number of aliphatic hydroxyl groups is 9. The van der Waals surface area contributed by atoms with Crippen LogP contribution < -0.4 is 0 Å². The van der Waals surface area contributed by atoms with Crippen LogP contribution in [0.2, 0.25) is 0 Å². The summed E-state index contributed by atoms with van der Waals surface area (Å²) in [7, 11) is 0. The predicted molar refractivity (Wildman–Crippen MR) is 228 cm³/mol. The van der Waals surface area contributed by atoms with Gasteiger partial charge in [0.15, 0.2) is 0 Å². The lowest BCUT2D eigenvalue weighted by atomic mass is 9.78. The standard InChI is InChI=1S/C46H87NO13/c1-3-5-7-9-11-17-29-39(35-37-25-23-26-37)41(48)59-33-21-15-13-19-31-47(45(54,55)43(50,51)44(52,53)46(56,57)58)32-20-14-16-22-34-60-42(49)40(36-38-27-24-28-38)30-18-12-10-8-6-4-2/h37-40,50-58H,3-36H2,1-2H3. The van der Waals surface area contributed by atoms with Gasteiger partial charge in [0.1, 0.15) is 0 Å². The van der Waals surface area contributed by atoms with E-state index in [1.54, 1.807) is 0 Å². The molecule has 0 heterocycles. The molecule has 9 N–H and O–H groups in total. The molecule has 0 spiro atoms. The summed E-state index contributed by atoms with van der Waals surface area (Å²) in [5.41, 5.74) is 0. The van der Waals surface area contributed by atoms with Crippen molar-refractivity contribution in [1.82, 2.24) is 4.90 Å². The Bertz CT molecular complexity index is 1070. The number of rotatable bonds is 38. The molecule has 2 atom stereocenters. The van der Waals surface area contributed by atoms with E-state index in [4.69, 9.17) is 9.47 Å². The van der Waals surface area contributed by atoms with E-state index in [1.807, 2.05) is 0 Å². The molecule has 14 nitrogen and oxygen atoms in total. The minimum Gasteiger partial charge on any atom is -0.465 e. The molecule has 2 fully saturated rings. The molecular formula is C46H87NO13. The van der Waals surface area contributed by atoms with Crippen molar-refractivity contribution in [2.75, 3.05) is 26.3 Å². The molecule has 2 aliphatic rings. The Balaban J connectivity index is 1.84. The number of esters is 2. The van der Waals surface area contributed by atoms with E-state index in [1.165, 1.54) is 89.9 Å². The van der Waals surface area contributed by atoms with Crippen LogP contribution in [0.1, 0.15) is 206 Å². The van der Waals surface area contributed by atoms with Crippen molar-refractivity contribution in [2.24, 2.45) is 23.7 Å². The normalized spacial score (nSPS) is 16.7. The van der Waals surface area contributed by atoms with Crippen molar-refractivity contribution in [3.8, 4) is 0 Å². The van der Waals surface area contributed by atoms with Crippen molar-refractivity contribution >= 4 is 11.9 Å². The molecule has 0 radical (unpaired) electrons. The summed E-state index contributed by atoms with van der Waals surface area (Å²) in [5.74, 6) is -16.7. The Hall–Kier alpha value is -1.46. The molecule has 0 saturated heterocycles. The summed E-state index contributed by atoms with van der Waals surface area (Å²) in [6.07, 6.45) is 28.5. The summed E-state index contributed by atoms with van der Waals surface area (Å²) < 4.78 is 11.4. The summed E-state index contributed by atoms with van der Waals surface area (Å²) in [6, 6.07) is 0. The van der Waals surface area contributed by atoms with Crippen LogP contribution in [-0.2, 0) is 19.1 Å². The first-order chi connectivity index (χ1) is 28.5. The number of carbonyl (C=O) groups excluding carboxylic acids is 2. The van der Waals surface area contributed by atoms with Crippen molar-refractivity contribution in [2.45, 2.75) is 230 Å². The number of unbranched alkanes of at least 4 members (excludes halogenated alkanes) is 16. The second kappa shape index (κ2) is 29.1. The highest BCUT2D eigenvalue weighted by Gasteiger charge is 2.72. The molecular weight excluding hydrogens is 775 g/mol. The van der Waals surface area contributed by atoms with Gasteiger partial charge in [-0.15, -0.1) is 0 Å². The minimum absolute atomic E-state index is 0.0844. The zero-order chi connectivity index (χ0) is 44.5. The summed E-state index contributed by atoms with van der Waals surface area (Å²) in [4.78, 5) is 26.8. The van der Waals surface area contributed by atoms with Crippen molar-refractivity contribution in [3.63, 3.8) is 0 Å².